The van der Waals surface area contributed by atoms with Gasteiger partial charge >= 0.3 is 6.18 Å². The second-order valence-corrected chi connectivity index (χ2v) is 5.21. The minimum atomic E-state index is -4.58. The van der Waals surface area contributed by atoms with Gasteiger partial charge in [0.25, 0.3) is 5.91 Å². The molecular formula is C16H19F3N4O. The summed E-state index contributed by atoms with van der Waals surface area (Å²) in [6.07, 6.45) is -4.58. The summed E-state index contributed by atoms with van der Waals surface area (Å²) in [7, 11) is 1.30. The predicted molar refractivity (Wildman–Crippen MR) is 86.2 cm³/mol. The molecule has 0 bridgehead atoms. The van der Waals surface area contributed by atoms with E-state index >= 15 is 0 Å². The maximum absolute atomic E-state index is 12.6. The predicted octanol–water partition coefficient (Wildman–Crippen LogP) is 3.54. The van der Waals surface area contributed by atoms with E-state index < -0.39 is 17.8 Å². The lowest BCUT2D eigenvalue weighted by Gasteiger charge is -2.21. The van der Waals surface area contributed by atoms with Crippen LogP contribution in [0.15, 0.2) is 30.3 Å². The molecule has 8 heteroatoms. The molecule has 5 nitrogen and oxygen atoms in total. The lowest BCUT2D eigenvalue weighted by molar-refractivity contribution is -0.141. The van der Waals surface area contributed by atoms with Crippen LogP contribution in [0.5, 0.6) is 0 Å². The number of anilines is 2. The van der Waals surface area contributed by atoms with Crippen molar-refractivity contribution < 1.29 is 18.0 Å². The third kappa shape index (κ3) is 3.87. The van der Waals surface area contributed by atoms with Gasteiger partial charge in [-0.15, -0.1) is 0 Å². The molecular weight excluding hydrogens is 321 g/mol. The van der Waals surface area contributed by atoms with Gasteiger partial charge in [0.05, 0.1) is 0 Å². The van der Waals surface area contributed by atoms with Crippen molar-refractivity contribution in [1.29, 1.82) is 0 Å². The molecule has 0 fully saturated rings. The van der Waals surface area contributed by atoms with E-state index in [1.54, 1.807) is 12.1 Å². The van der Waals surface area contributed by atoms with Crippen LogP contribution in [0.4, 0.5) is 24.5 Å². The first-order valence-electron chi connectivity index (χ1n) is 7.53. The molecule has 0 aliphatic rings. The largest absolute Gasteiger partial charge is 0.435 e. The van der Waals surface area contributed by atoms with E-state index in [0.717, 1.165) is 29.5 Å². The fourth-order valence-electron chi connectivity index (χ4n) is 2.36. The molecule has 1 aromatic heterocycles. The number of aromatic nitrogens is 2. The molecule has 1 N–H and O–H groups in total. The number of alkyl halides is 3. The average Bonchev–Trinajstić information content (AvgIpc) is 2.92. The van der Waals surface area contributed by atoms with Gasteiger partial charge in [-0.3, -0.25) is 9.48 Å². The second-order valence-electron chi connectivity index (χ2n) is 5.21. The van der Waals surface area contributed by atoms with Crippen molar-refractivity contribution in [3.05, 3.63) is 41.7 Å². The van der Waals surface area contributed by atoms with Crippen LogP contribution in [-0.4, -0.2) is 28.8 Å². The minimum absolute atomic E-state index is 0.157. The van der Waals surface area contributed by atoms with Crippen molar-refractivity contribution in [2.24, 2.45) is 7.05 Å². The minimum Gasteiger partial charge on any atom is -0.372 e. The van der Waals surface area contributed by atoms with E-state index in [4.69, 9.17) is 0 Å². The summed E-state index contributed by atoms with van der Waals surface area (Å²) >= 11 is 0. The third-order valence-corrected chi connectivity index (χ3v) is 3.66. The van der Waals surface area contributed by atoms with Crippen LogP contribution < -0.4 is 10.2 Å². The summed E-state index contributed by atoms with van der Waals surface area (Å²) in [4.78, 5) is 14.3. The van der Waals surface area contributed by atoms with Crippen molar-refractivity contribution in [3.8, 4) is 0 Å². The lowest BCUT2D eigenvalue weighted by Crippen LogP contribution is -2.21. The van der Waals surface area contributed by atoms with E-state index in [0.29, 0.717) is 5.69 Å². The highest BCUT2D eigenvalue weighted by Crippen LogP contribution is 2.28. The maximum atomic E-state index is 12.6. The van der Waals surface area contributed by atoms with Gasteiger partial charge in [-0.05, 0) is 38.1 Å². The number of carbonyl (C=O) groups is 1. The Morgan fingerprint density at radius 1 is 1.21 bits per heavy atom. The van der Waals surface area contributed by atoms with Gasteiger partial charge in [0.2, 0.25) is 0 Å². The van der Waals surface area contributed by atoms with E-state index in [9.17, 15) is 18.0 Å². The quantitative estimate of drug-likeness (QED) is 0.906. The molecule has 1 aromatic carbocycles. The Labute approximate surface area is 138 Å². The first-order valence-corrected chi connectivity index (χ1v) is 7.53. The van der Waals surface area contributed by atoms with Crippen LogP contribution in [0.25, 0.3) is 0 Å². The van der Waals surface area contributed by atoms with E-state index in [1.165, 1.54) is 7.05 Å². The Hall–Kier alpha value is -2.51. The molecule has 0 aliphatic heterocycles. The van der Waals surface area contributed by atoms with Gasteiger partial charge in [-0.2, -0.15) is 18.3 Å². The summed E-state index contributed by atoms with van der Waals surface area (Å²) < 4.78 is 38.9. The fourth-order valence-corrected chi connectivity index (χ4v) is 2.36. The van der Waals surface area contributed by atoms with Crippen LogP contribution >= 0.6 is 0 Å². The van der Waals surface area contributed by atoms with Crippen molar-refractivity contribution in [1.82, 2.24) is 9.78 Å². The Morgan fingerprint density at radius 3 is 2.25 bits per heavy atom. The van der Waals surface area contributed by atoms with Crippen LogP contribution in [0.1, 0.15) is 30.0 Å². The van der Waals surface area contributed by atoms with Crippen LogP contribution in [-0.2, 0) is 13.2 Å². The second kappa shape index (κ2) is 6.94. The highest BCUT2D eigenvalue weighted by Gasteiger charge is 2.35. The Morgan fingerprint density at radius 2 is 1.79 bits per heavy atom. The molecule has 0 aliphatic carbocycles. The monoisotopic (exact) mass is 340 g/mol. The SMILES string of the molecule is CCN(CC)c1ccc(NC(=O)c2cc(C(F)(F)F)nn2C)cc1. The molecule has 130 valence electrons. The first-order chi connectivity index (χ1) is 11.3. The maximum Gasteiger partial charge on any atom is 0.435 e. The lowest BCUT2D eigenvalue weighted by atomic mass is 10.2. The average molecular weight is 340 g/mol. The summed E-state index contributed by atoms with van der Waals surface area (Å²) in [5.74, 6) is -0.643. The third-order valence-electron chi connectivity index (χ3n) is 3.66. The molecule has 2 aromatic rings. The standard InChI is InChI=1S/C16H19F3N4O/c1-4-23(5-2)12-8-6-11(7-9-12)20-15(24)13-10-14(16(17,18)19)21-22(13)3/h6-10H,4-5H2,1-3H3,(H,20,24). The number of nitrogens with one attached hydrogen (secondary N) is 1. The first kappa shape index (κ1) is 17.8. The number of benzene rings is 1. The van der Waals surface area contributed by atoms with Gasteiger partial charge in [0.15, 0.2) is 5.69 Å². The summed E-state index contributed by atoms with van der Waals surface area (Å²) in [6, 6.07) is 7.87. The number of amides is 1. The Kier molecular flexibility index (Phi) is 5.16. The smallest absolute Gasteiger partial charge is 0.372 e. The van der Waals surface area contributed by atoms with Crippen molar-refractivity contribution in [2.75, 3.05) is 23.3 Å². The zero-order valence-corrected chi connectivity index (χ0v) is 13.7. The Bertz CT molecular complexity index is 703. The number of carbonyl (C=O) groups excluding carboxylic acids is 1. The van der Waals surface area contributed by atoms with Crippen LogP contribution in [0, 0.1) is 0 Å². The molecule has 0 atom stereocenters. The number of rotatable bonds is 5. The van der Waals surface area contributed by atoms with Gasteiger partial charge in [0.1, 0.15) is 5.69 Å². The topological polar surface area (TPSA) is 50.2 Å². The summed E-state index contributed by atoms with van der Waals surface area (Å²) in [5.41, 5.74) is 0.269. The van der Waals surface area contributed by atoms with Gasteiger partial charge in [-0.1, -0.05) is 0 Å². The molecule has 2 rings (SSSR count). The highest BCUT2D eigenvalue weighted by atomic mass is 19.4. The van der Waals surface area contributed by atoms with Crippen molar-refractivity contribution >= 4 is 17.3 Å². The van der Waals surface area contributed by atoms with Crippen molar-refractivity contribution in [2.45, 2.75) is 20.0 Å². The molecule has 0 radical (unpaired) electrons. The zero-order valence-electron chi connectivity index (χ0n) is 13.7. The Balaban J connectivity index is 2.14. The molecule has 1 amide bonds. The molecule has 24 heavy (non-hydrogen) atoms. The number of hydrogen-bond donors (Lipinski definition) is 1. The van der Waals surface area contributed by atoms with E-state index in [-0.39, 0.29) is 5.69 Å². The summed E-state index contributed by atoms with van der Waals surface area (Å²) in [5, 5.41) is 5.91. The molecule has 0 saturated carbocycles. The number of aryl methyl sites for hydroxylation is 1. The number of nitrogens with zero attached hydrogens (tertiary/aromatic N) is 3. The summed E-state index contributed by atoms with van der Waals surface area (Å²) in [6.45, 7) is 5.80. The number of hydrogen-bond acceptors (Lipinski definition) is 3. The zero-order chi connectivity index (χ0) is 17.9. The molecule has 0 saturated heterocycles. The van der Waals surface area contributed by atoms with Crippen molar-refractivity contribution in [3.63, 3.8) is 0 Å². The number of halogens is 3. The van der Waals surface area contributed by atoms with E-state index in [2.05, 4.69) is 15.3 Å². The normalized spacial score (nSPS) is 11.4. The fraction of sp³-hybridized carbons (Fsp3) is 0.375. The van der Waals surface area contributed by atoms with E-state index in [1.807, 2.05) is 26.0 Å². The van der Waals surface area contributed by atoms with Crippen LogP contribution in [0.3, 0.4) is 0 Å². The molecule has 0 spiro atoms. The van der Waals surface area contributed by atoms with Crippen LogP contribution in [0.2, 0.25) is 0 Å². The molecule has 0 unspecified atom stereocenters. The van der Waals surface area contributed by atoms with Gasteiger partial charge in [0, 0.05) is 37.6 Å². The van der Waals surface area contributed by atoms with Gasteiger partial charge < -0.3 is 10.2 Å². The molecule has 1 heterocycles. The van der Waals surface area contributed by atoms with Gasteiger partial charge in [-0.25, -0.2) is 0 Å². The highest BCUT2D eigenvalue weighted by molar-refractivity contribution is 6.03.